The molecule has 1 amide bonds. The summed E-state index contributed by atoms with van der Waals surface area (Å²) in [5.41, 5.74) is 2.36. The second kappa shape index (κ2) is 19.3. The van der Waals surface area contributed by atoms with E-state index in [0.29, 0.717) is 55.5 Å². The fourth-order valence-electron chi connectivity index (χ4n) is 9.01. The topological polar surface area (TPSA) is 48.0 Å². The number of nitrogens with zero attached hydrogens (tertiary/aromatic N) is 1. The average Bonchev–Trinajstić information content (AvgIpc) is 3.23. The Hall–Kier alpha value is -4.17. The first-order valence-corrected chi connectivity index (χ1v) is 23.0. The summed E-state index contributed by atoms with van der Waals surface area (Å²) in [5.74, 6) is 0.797. The lowest BCUT2D eigenvalue weighted by Crippen LogP contribution is -2.68. The number of methoxy groups -OCH3 is 1. The molecule has 1 aliphatic heterocycles. The summed E-state index contributed by atoms with van der Waals surface area (Å²) >= 11 is 13.3. The Labute approximate surface area is 357 Å². The van der Waals surface area contributed by atoms with E-state index in [0.717, 1.165) is 22.4 Å². The van der Waals surface area contributed by atoms with Crippen molar-refractivity contribution < 1.29 is 18.7 Å². The summed E-state index contributed by atoms with van der Waals surface area (Å²) in [4.78, 5) is 18.0. The minimum absolute atomic E-state index is 0.0940. The predicted molar refractivity (Wildman–Crippen MR) is 242 cm³/mol. The third-order valence-electron chi connectivity index (χ3n) is 11.9. The highest BCUT2D eigenvalue weighted by molar-refractivity contribution is 6.99. The van der Waals surface area contributed by atoms with Crippen LogP contribution in [0.1, 0.15) is 82.0 Å². The number of amides is 1. The summed E-state index contributed by atoms with van der Waals surface area (Å²) in [6.07, 6.45) is 4.22. The van der Waals surface area contributed by atoms with Crippen LogP contribution in [-0.4, -0.2) is 45.5 Å². The molecule has 8 heteroatoms. The van der Waals surface area contributed by atoms with Crippen LogP contribution in [0.4, 0.5) is 0 Å². The molecule has 1 aliphatic rings. The first-order valence-electron chi connectivity index (χ1n) is 20.4. The van der Waals surface area contributed by atoms with Crippen molar-refractivity contribution in [3.8, 4) is 5.75 Å². The smallest absolute Gasteiger partial charge is 0.261 e. The van der Waals surface area contributed by atoms with Gasteiger partial charge in [0.15, 0.2) is 0 Å². The summed E-state index contributed by atoms with van der Waals surface area (Å²) in [6, 6.07) is 44.8. The predicted octanol–water partition coefficient (Wildman–Crippen LogP) is 11.6. The maximum atomic E-state index is 15.8. The number of hydrogen-bond donors (Lipinski definition) is 0. The number of hydrogen-bond acceptors (Lipinski definition) is 4. The van der Waals surface area contributed by atoms with Gasteiger partial charge < -0.3 is 18.8 Å². The molecule has 5 aromatic rings. The molecule has 0 aromatic heterocycles. The van der Waals surface area contributed by atoms with Crippen molar-refractivity contribution in [1.82, 2.24) is 4.90 Å². The zero-order valence-electron chi connectivity index (χ0n) is 34.5. The van der Waals surface area contributed by atoms with Crippen LogP contribution in [0.15, 0.2) is 146 Å². The zero-order chi connectivity index (χ0) is 41.3. The summed E-state index contributed by atoms with van der Waals surface area (Å²) < 4.78 is 19.3. The van der Waals surface area contributed by atoms with Crippen LogP contribution < -0.4 is 15.1 Å². The van der Waals surface area contributed by atoms with E-state index in [4.69, 9.17) is 37.1 Å². The zero-order valence-corrected chi connectivity index (χ0v) is 37.0. The van der Waals surface area contributed by atoms with Gasteiger partial charge in [-0.3, -0.25) is 4.79 Å². The highest BCUT2D eigenvalue weighted by atomic mass is 35.5. The molecule has 1 fully saturated rings. The van der Waals surface area contributed by atoms with E-state index in [1.54, 1.807) is 7.11 Å². The number of benzene rings is 5. The van der Waals surface area contributed by atoms with Gasteiger partial charge in [-0.2, -0.15) is 0 Å². The van der Waals surface area contributed by atoms with Gasteiger partial charge in [-0.15, -0.1) is 6.58 Å². The lowest BCUT2D eigenvalue weighted by molar-refractivity contribution is -0.158. The van der Waals surface area contributed by atoms with Gasteiger partial charge >= 0.3 is 0 Å². The van der Waals surface area contributed by atoms with E-state index in [1.807, 2.05) is 54.6 Å². The Morgan fingerprint density at radius 2 is 1.48 bits per heavy atom. The van der Waals surface area contributed by atoms with E-state index < -0.39 is 13.7 Å². The van der Waals surface area contributed by atoms with Crippen LogP contribution in [0.3, 0.4) is 0 Å². The molecule has 1 heterocycles. The highest BCUT2D eigenvalue weighted by Gasteiger charge is 2.55. The first-order chi connectivity index (χ1) is 28.0. The molecule has 1 unspecified atom stereocenters. The fraction of sp³-hybridized carbons (Fsp3) is 0.340. The van der Waals surface area contributed by atoms with E-state index in [1.165, 1.54) is 10.4 Å². The molecule has 0 bridgehead atoms. The van der Waals surface area contributed by atoms with Gasteiger partial charge in [0.1, 0.15) is 5.75 Å². The summed E-state index contributed by atoms with van der Waals surface area (Å²) in [5, 5.41) is 3.49. The van der Waals surface area contributed by atoms with Gasteiger partial charge in [0.25, 0.3) is 8.32 Å². The molecular weight excluding hydrogens is 778 g/mol. The molecule has 0 saturated carbocycles. The van der Waals surface area contributed by atoms with Crippen LogP contribution in [-0.2, 0) is 20.6 Å². The molecule has 6 rings (SSSR count). The van der Waals surface area contributed by atoms with E-state index in [2.05, 4.69) is 124 Å². The van der Waals surface area contributed by atoms with Crippen molar-refractivity contribution in [2.24, 2.45) is 5.41 Å². The Bertz CT molecular complexity index is 2050. The number of carbonyl (C=O) groups excluding carboxylic acids is 1. The van der Waals surface area contributed by atoms with Crippen LogP contribution in [0.2, 0.25) is 15.1 Å². The van der Waals surface area contributed by atoms with Gasteiger partial charge in [-0.05, 0) is 94.2 Å². The normalized spacial score (nSPS) is 19.2. The Morgan fingerprint density at radius 3 is 2.03 bits per heavy atom. The molecule has 304 valence electrons. The number of piperidine rings is 1. The van der Waals surface area contributed by atoms with Gasteiger partial charge in [0.05, 0.1) is 37.8 Å². The minimum atomic E-state index is -2.94. The first kappa shape index (κ1) is 43.4. The van der Waals surface area contributed by atoms with Crippen molar-refractivity contribution >= 4 is 47.8 Å². The third kappa shape index (κ3) is 9.32. The minimum Gasteiger partial charge on any atom is -0.497 e. The number of carbonyl (C=O) groups is 1. The maximum absolute atomic E-state index is 15.8. The largest absolute Gasteiger partial charge is 0.497 e. The Kier molecular flexibility index (Phi) is 14.4. The molecular formula is C50H57Cl2NO4Si. The van der Waals surface area contributed by atoms with Crippen LogP contribution in [0.5, 0.6) is 5.75 Å². The van der Waals surface area contributed by atoms with Crippen molar-refractivity contribution in [3.63, 3.8) is 0 Å². The van der Waals surface area contributed by atoms with Gasteiger partial charge in [-0.1, -0.05) is 154 Å². The molecule has 0 spiro atoms. The number of rotatable bonds is 17. The molecule has 0 radical (unpaired) electrons. The lowest BCUT2D eigenvalue weighted by atomic mass is 9.64. The second-order valence-electron chi connectivity index (χ2n) is 16.5. The maximum Gasteiger partial charge on any atom is 0.261 e. The number of allylic oxidation sites excluding steroid dienone is 1. The van der Waals surface area contributed by atoms with Crippen LogP contribution in [0.25, 0.3) is 0 Å². The number of halogens is 2. The molecule has 0 aliphatic carbocycles. The average molecular weight is 835 g/mol. The van der Waals surface area contributed by atoms with Crippen molar-refractivity contribution in [1.29, 1.82) is 0 Å². The molecule has 58 heavy (non-hydrogen) atoms. The monoisotopic (exact) mass is 833 g/mol. The van der Waals surface area contributed by atoms with Crippen LogP contribution in [0, 0.1) is 5.41 Å². The second-order valence-corrected chi connectivity index (χ2v) is 21.7. The molecule has 1 saturated heterocycles. The number of ether oxygens (including phenoxy) is 2. The standard InChI is InChI=1S/C50H57Cl2NO4Si/c1-7-30-50(31-32-56-35-37-22-28-43(55-6)29-23-37)34-46(39-16-15-17-41(52)33-39)47(38-24-26-40(51)27-25-38)53(48(50)54)42(8-2)36-57-58(49(3,4)5,44-18-11-9-12-19-44)45-20-13-10-14-21-45/h7,9-29,33,42,46-47H,1,8,30-32,34-36H2,2-6H3/t42?,46-,47-,50-/m1/s1. The highest BCUT2D eigenvalue weighted by Crippen LogP contribution is 2.54. The Balaban J connectivity index is 1.45. The van der Waals surface area contributed by atoms with Crippen molar-refractivity contribution in [3.05, 3.63) is 173 Å². The van der Waals surface area contributed by atoms with Crippen molar-refractivity contribution in [2.45, 2.75) is 83.0 Å². The van der Waals surface area contributed by atoms with Gasteiger partial charge in [0, 0.05) is 22.6 Å². The van der Waals surface area contributed by atoms with Crippen LogP contribution >= 0.6 is 23.2 Å². The Morgan fingerprint density at radius 1 is 0.845 bits per heavy atom. The quantitative estimate of drug-likeness (QED) is 0.0532. The molecule has 0 N–H and O–H groups in total. The lowest BCUT2D eigenvalue weighted by Gasteiger charge is -2.53. The fourth-order valence-corrected chi connectivity index (χ4v) is 13.9. The van der Waals surface area contributed by atoms with E-state index in [9.17, 15) is 0 Å². The number of likely N-dealkylation sites (tertiary alicyclic amines) is 1. The SMILES string of the molecule is C=CC[C@@]1(CCOCc2ccc(OC)cc2)C[C@H](c2cccc(Cl)c2)[C@@H](c2ccc(Cl)cc2)N(C(CC)CO[Si](c2ccccc2)(c2ccccc2)C(C)(C)C)C1=O. The van der Waals surface area contributed by atoms with E-state index >= 15 is 4.79 Å². The third-order valence-corrected chi connectivity index (χ3v) is 17.4. The van der Waals surface area contributed by atoms with E-state index in [-0.39, 0.29) is 28.9 Å². The summed E-state index contributed by atoms with van der Waals surface area (Å²) in [6.45, 7) is 14.4. The summed E-state index contributed by atoms with van der Waals surface area (Å²) in [7, 11) is -1.28. The molecule has 4 atom stereocenters. The van der Waals surface area contributed by atoms with Gasteiger partial charge in [-0.25, -0.2) is 0 Å². The van der Waals surface area contributed by atoms with Crippen molar-refractivity contribution in [2.75, 3.05) is 20.3 Å². The molecule has 5 nitrogen and oxygen atoms in total. The molecule has 5 aromatic carbocycles. The van der Waals surface area contributed by atoms with Gasteiger partial charge in [0.2, 0.25) is 5.91 Å².